The van der Waals surface area contributed by atoms with E-state index in [0.29, 0.717) is 13.1 Å². The zero-order valence-corrected chi connectivity index (χ0v) is 14.2. The summed E-state index contributed by atoms with van der Waals surface area (Å²) < 4.78 is 13.0. The number of carbonyl (C=O) groups excluding carboxylic acids is 2. The number of urea groups is 1. The molecule has 1 heterocycles. The summed E-state index contributed by atoms with van der Waals surface area (Å²) >= 11 is 0. The van der Waals surface area contributed by atoms with Crippen LogP contribution in [0, 0.1) is 5.82 Å². The fourth-order valence-corrected chi connectivity index (χ4v) is 3.40. The Kier molecular flexibility index (Phi) is 4.73. The van der Waals surface area contributed by atoms with E-state index in [-0.39, 0.29) is 35.8 Å². The van der Waals surface area contributed by atoms with E-state index in [2.05, 4.69) is 5.32 Å². The highest BCUT2D eigenvalue weighted by molar-refractivity contribution is 5.75. The van der Waals surface area contributed by atoms with Gasteiger partial charge < -0.3 is 15.1 Å². The summed E-state index contributed by atoms with van der Waals surface area (Å²) in [5, 5.41) is 3.07. The van der Waals surface area contributed by atoms with Crippen LogP contribution in [-0.2, 0) is 4.79 Å². The minimum Gasteiger partial charge on any atom is -0.343 e. The third-order valence-corrected chi connectivity index (χ3v) is 5.19. The minimum atomic E-state index is -0.238. The second kappa shape index (κ2) is 6.79. The van der Waals surface area contributed by atoms with E-state index < -0.39 is 0 Å². The summed E-state index contributed by atoms with van der Waals surface area (Å²) in [4.78, 5) is 27.4. The van der Waals surface area contributed by atoms with Crippen LogP contribution < -0.4 is 5.32 Å². The molecule has 1 aromatic rings. The molecule has 0 unspecified atom stereocenters. The Morgan fingerprint density at radius 1 is 1.21 bits per heavy atom. The van der Waals surface area contributed by atoms with Gasteiger partial charge in [-0.3, -0.25) is 4.79 Å². The molecule has 1 saturated carbocycles. The summed E-state index contributed by atoms with van der Waals surface area (Å²) in [5.74, 6) is 0.118. The van der Waals surface area contributed by atoms with Crippen LogP contribution in [0.25, 0.3) is 0 Å². The van der Waals surface area contributed by atoms with Crippen LogP contribution >= 0.6 is 0 Å². The molecule has 6 heteroatoms. The summed E-state index contributed by atoms with van der Waals surface area (Å²) in [6, 6.07) is 6.82. The normalized spacial score (nSPS) is 23.7. The number of likely N-dealkylation sites (tertiary alicyclic amines) is 1. The highest BCUT2D eigenvalue weighted by Gasteiger charge is 2.40. The van der Waals surface area contributed by atoms with Crippen molar-refractivity contribution in [1.82, 2.24) is 15.1 Å². The van der Waals surface area contributed by atoms with Crippen LogP contribution in [0.2, 0.25) is 0 Å². The van der Waals surface area contributed by atoms with E-state index in [4.69, 9.17) is 0 Å². The fourth-order valence-electron chi connectivity index (χ4n) is 3.40. The molecule has 2 atom stereocenters. The van der Waals surface area contributed by atoms with Crippen molar-refractivity contribution in [3.8, 4) is 0 Å². The molecule has 1 N–H and O–H groups in total. The van der Waals surface area contributed by atoms with E-state index in [9.17, 15) is 14.0 Å². The van der Waals surface area contributed by atoms with Crippen LogP contribution in [0.15, 0.2) is 24.3 Å². The van der Waals surface area contributed by atoms with Crippen LogP contribution in [0.4, 0.5) is 9.18 Å². The van der Waals surface area contributed by atoms with Gasteiger partial charge in [0.15, 0.2) is 0 Å². The number of amides is 3. The van der Waals surface area contributed by atoms with E-state index in [1.807, 2.05) is 11.9 Å². The van der Waals surface area contributed by atoms with Crippen molar-refractivity contribution in [3.63, 3.8) is 0 Å². The second-order valence-corrected chi connectivity index (χ2v) is 6.80. The van der Waals surface area contributed by atoms with Crippen LogP contribution in [0.5, 0.6) is 0 Å². The zero-order chi connectivity index (χ0) is 17.3. The first kappa shape index (κ1) is 16.7. The van der Waals surface area contributed by atoms with E-state index in [0.717, 1.165) is 24.8 Å². The van der Waals surface area contributed by atoms with Crippen molar-refractivity contribution in [1.29, 1.82) is 0 Å². The van der Waals surface area contributed by atoms with Gasteiger partial charge in [0, 0.05) is 45.1 Å². The van der Waals surface area contributed by atoms with Crippen LogP contribution in [0.3, 0.4) is 0 Å². The Morgan fingerprint density at radius 2 is 1.83 bits per heavy atom. The first-order chi connectivity index (χ1) is 11.5. The topological polar surface area (TPSA) is 52.7 Å². The van der Waals surface area contributed by atoms with Gasteiger partial charge in [0.2, 0.25) is 5.91 Å². The van der Waals surface area contributed by atoms with Crippen LogP contribution in [-0.4, -0.2) is 54.0 Å². The summed E-state index contributed by atoms with van der Waals surface area (Å²) in [5.41, 5.74) is 1.07. The highest BCUT2D eigenvalue weighted by atomic mass is 19.1. The first-order valence-corrected chi connectivity index (χ1v) is 8.50. The lowest BCUT2D eigenvalue weighted by molar-refractivity contribution is -0.130. The third-order valence-electron chi connectivity index (χ3n) is 5.19. The molecule has 1 aromatic carbocycles. The molecule has 0 spiro atoms. The van der Waals surface area contributed by atoms with E-state index in [1.54, 1.807) is 24.0 Å². The zero-order valence-electron chi connectivity index (χ0n) is 14.2. The molecule has 1 aliphatic carbocycles. The lowest BCUT2D eigenvalue weighted by Gasteiger charge is -2.36. The predicted octanol–water partition coefficient (Wildman–Crippen LogP) is 2.33. The molecule has 1 aliphatic heterocycles. The van der Waals surface area contributed by atoms with Gasteiger partial charge in [-0.05, 0) is 37.0 Å². The number of hydrogen-bond donors (Lipinski definition) is 1. The lowest BCUT2D eigenvalue weighted by Crippen LogP contribution is -2.50. The number of rotatable bonds is 3. The molecule has 3 amide bonds. The molecule has 0 bridgehead atoms. The quantitative estimate of drug-likeness (QED) is 0.923. The summed E-state index contributed by atoms with van der Waals surface area (Å²) in [6.45, 7) is 2.91. The number of nitrogens with zero attached hydrogens (tertiary/aromatic N) is 2. The Morgan fingerprint density at radius 3 is 2.42 bits per heavy atom. The smallest absolute Gasteiger partial charge is 0.317 e. The molecule has 0 radical (unpaired) electrons. The maximum absolute atomic E-state index is 13.0. The molecule has 130 valence electrons. The Hall–Kier alpha value is -2.11. The van der Waals surface area contributed by atoms with E-state index >= 15 is 0 Å². The SMILES string of the molecule is CC(=O)N(C)C1CCN(C(=O)N[C@H]2C[C@H]2c2ccc(F)cc2)CC1. The Balaban J connectivity index is 1.46. The summed E-state index contributed by atoms with van der Waals surface area (Å²) in [6.07, 6.45) is 2.53. The second-order valence-electron chi connectivity index (χ2n) is 6.80. The summed E-state index contributed by atoms with van der Waals surface area (Å²) in [7, 11) is 1.82. The molecule has 24 heavy (non-hydrogen) atoms. The number of carbonyl (C=O) groups is 2. The molecule has 2 aliphatic rings. The van der Waals surface area contributed by atoms with Gasteiger partial charge in [-0.2, -0.15) is 0 Å². The van der Waals surface area contributed by atoms with Crippen molar-refractivity contribution in [2.75, 3.05) is 20.1 Å². The Bertz CT molecular complexity index is 611. The first-order valence-electron chi connectivity index (χ1n) is 8.50. The van der Waals surface area contributed by atoms with Gasteiger partial charge >= 0.3 is 6.03 Å². The number of benzene rings is 1. The van der Waals surface area contributed by atoms with Crippen molar-refractivity contribution >= 4 is 11.9 Å². The number of hydrogen-bond acceptors (Lipinski definition) is 2. The maximum atomic E-state index is 13.0. The van der Waals surface area contributed by atoms with Gasteiger partial charge in [-0.1, -0.05) is 12.1 Å². The Labute approximate surface area is 141 Å². The van der Waals surface area contributed by atoms with Crippen LogP contribution in [0.1, 0.15) is 37.7 Å². The van der Waals surface area contributed by atoms with Gasteiger partial charge in [0.05, 0.1) is 0 Å². The molecule has 0 aromatic heterocycles. The predicted molar refractivity (Wildman–Crippen MR) is 89.1 cm³/mol. The monoisotopic (exact) mass is 333 g/mol. The molecule has 3 rings (SSSR count). The molecule has 5 nitrogen and oxygen atoms in total. The van der Waals surface area contributed by atoms with Gasteiger partial charge in [-0.15, -0.1) is 0 Å². The van der Waals surface area contributed by atoms with Gasteiger partial charge in [-0.25, -0.2) is 9.18 Å². The highest BCUT2D eigenvalue weighted by Crippen LogP contribution is 2.40. The molecular weight excluding hydrogens is 309 g/mol. The lowest BCUT2D eigenvalue weighted by atomic mass is 10.0. The van der Waals surface area contributed by atoms with Crippen molar-refractivity contribution in [2.24, 2.45) is 0 Å². The largest absolute Gasteiger partial charge is 0.343 e. The molecule has 2 fully saturated rings. The minimum absolute atomic E-state index is 0.0338. The van der Waals surface area contributed by atoms with E-state index in [1.165, 1.54) is 12.1 Å². The van der Waals surface area contributed by atoms with Crippen molar-refractivity contribution < 1.29 is 14.0 Å². The van der Waals surface area contributed by atoms with Gasteiger partial charge in [0.25, 0.3) is 0 Å². The van der Waals surface area contributed by atoms with Crippen molar-refractivity contribution in [3.05, 3.63) is 35.6 Å². The molecule has 1 saturated heterocycles. The van der Waals surface area contributed by atoms with Crippen molar-refractivity contribution in [2.45, 2.75) is 44.2 Å². The average Bonchev–Trinajstić information content (AvgIpc) is 3.34. The third kappa shape index (κ3) is 3.68. The average molecular weight is 333 g/mol. The fraction of sp³-hybridized carbons (Fsp3) is 0.556. The number of halogens is 1. The van der Waals surface area contributed by atoms with Gasteiger partial charge in [0.1, 0.15) is 5.82 Å². The standard InChI is InChI=1S/C18H24FN3O2/c1-12(23)21(2)15-7-9-22(10-8-15)18(24)20-17-11-16(17)13-3-5-14(19)6-4-13/h3-6,15-17H,7-11H2,1-2H3,(H,20,24)/t16-,17-/m0/s1. The number of nitrogens with one attached hydrogen (secondary N) is 1. The number of piperidine rings is 1. The maximum Gasteiger partial charge on any atom is 0.317 e. The molecular formula is C18H24FN3O2.